The smallest absolute Gasteiger partial charge is 0.259 e. The standard InChI is InChI=1S/C33H42ClN5O7S.ClH/c1-18-6-4-7-19(2)28(35)31(41)39-17-21(46-30-23-8-5-9-24(34)27(23)26(45-3)16-36-30)14-25(39)29(40)37-33(15-20(33)11-10-18)32(42)38-47(43,44)22-12-13-22;/h5,8-11,16,18-22,25,28H,4,6-7,12-15,17,35H2,1-3H3,(H,37,40)(H,38,42);1H/t18?,19-,20-,21-,25+,28+,33-;/m1./s1. The van der Waals surface area contributed by atoms with Crippen LogP contribution in [0, 0.1) is 17.8 Å². The number of halogens is 2. The van der Waals surface area contributed by atoms with Crippen LogP contribution in [-0.2, 0) is 24.4 Å². The van der Waals surface area contributed by atoms with Gasteiger partial charge in [0.1, 0.15) is 23.4 Å². The molecule has 15 heteroatoms. The number of hydrogen-bond acceptors (Lipinski definition) is 9. The summed E-state index contributed by atoms with van der Waals surface area (Å²) in [5.41, 5.74) is 5.07. The van der Waals surface area contributed by atoms with Gasteiger partial charge in [-0.3, -0.25) is 19.1 Å². The molecule has 3 fully saturated rings. The van der Waals surface area contributed by atoms with Crippen molar-refractivity contribution >= 4 is 62.5 Å². The fourth-order valence-electron chi connectivity index (χ4n) is 6.75. The molecule has 2 aliphatic heterocycles. The highest BCUT2D eigenvalue weighted by atomic mass is 35.5. The molecule has 4 N–H and O–H groups in total. The number of aromatic nitrogens is 1. The molecule has 48 heavy (non-hydrogen) atoms. The third-order valence-electron chi connectivity index (χ3n) is 9.99. The maximum absolute atomic E-state index is 14.1. The molecule has 262 valence electrons. The van der Waals surface area contributed by atoms with Crippen molar-refractivity contribution in [3.63, 3.8) is 0 Å². The largest absolute Gasteiger partial charge is 0.494 e. The van der Waals surface area contributed by atoms with Gasteiger partial charge in [0.05, 0.1) is 36.2 Å². The Morgan fingerprint density at radius 1 is 1.17 bits per heavy atom. The second-order valence-corrected chi connectivity index (χ2v) is 15.9. The number of nitrogens with one attached hydrogen (secondary N) is 2. The number of sulfonamides is 1. The molecule has 3 heterocycles. The van der Waals surface area contributed by atoms with Crippen molar-refractivity contribution in [2.24, 2.45) is 23.5 Å². The fraction of sp³-hybridized carbons (Fsp3) is 0.576. The van der Waals surface area contributed by atoms with Crippen LogP contribution < -0.4 is 25.2 Å². The van der Waals surface area contributed by atoms with Crippen LogP contribution in [0.3, 0.4) is 0 Å². The van der Waals surface area contributed by atoms with E-state index in [-0.39, 0.29) is 55.4 Å². The number of pyridine rings is 1. The van der Waals surface area contributed by atoms with Crippen LogP contribution in [0.25, 0.3) is 10.8 Å². The predicted molar refractivity (Wildman–Crippen MR) is 183 cm³/mol. The molecular formula is C33H43Cl2N5O7S. The first-order valence-corrected chi connectivity index (χ1v) is 18.2. The summed E-state index contributed by atoms with van der Waals surface area (Å²) in [4.78, 5) is 47.5. The average Bonchev–Trinajstić information content (AvgIpc) is 3.96. The van der Waals surface area contributed by atoms with Crippen molar-refractivity contribution in [2.75, 3.05) is 13.7 Å². The van der Waals surface area contributed by atoms with Gasteiger partial charge in [-0.1, -0.05) is 50.1 Å². The summed E-state index contributed by atoms with van der Waals surface area (Å²) >= 11 is 6.49. The normalized spacial score (nSPS) is 31.0. The van der Waals surface area contributed by atoms with E-state index in [9.17, 15) is 22.8 Å². The van der Waals surface area contributed by atoms with Crippen LogP contribution in [0.1, 0.15) is 58.8 Å². The minimum Gasteiger partial charge on any atom is -0.494 e. The zero-order chi connectivity index (χ0) is 33.7. The van der Waals surface area contributed by atoms with Crippen molar-refractivity contribution in [3.8, 4) is 11.6 Å². The van der Waals surface area contributed by atoms with Gasteiger partial charge < -0.3 is 25.4 Å². The van der Waals surface area contributed by atoms with Crippen molar-refractivity contribution < 1.29 is 32.3 Å². The molecule has 2 aromatic rings. The first kappa shape index (κ1) is 36.2. The Morgan fingerprint density at radius 2 is 1.92 bits per heavy atom. The zero-order valence-electron chi connectivity index (χ0n) is 27.2. The molecule has 6 rings (SSSR count). The monoisotopic (exact) mass is 723 g/mol. The minimum atomic E-state index is -3.85. The highest BCUT2D eigenvalue weighted by Gasteiger charge is 2.62. The van der Waals surface area contributed by atoms with Gasteiger partial charge in [0, 0.05) is 23.1 Å². The Bertz CT molecular complexity index is 1720. The summed E-state index contributed by atoms with van der Waals surface area (Å²) in [6, 6.07) is 3.43. The summed E-state index contributed by atoms with van der Waals surface area (Å²) < 4.78 is 39.5. The molecule has 4 aliphatic rings. The quantitative estimate of drug-likeness (QED) is 0.378. The van der Waals surface area contributed by atoms with E-state index in [1.165, 1.54) is 18.2 Å². The minimum absolute atomic E-state index is 0. The van der Waals surface area contributed by atoms with Crippen LogP contribution in [-0.4, -0.2) is 78.7 Å². The van der Waals surface area contributed by atoms with Gasteiger partial charge in [-0.25, -0.2) is 13.4 Å². The summed E-state index contributed by atoms with van der Waals surface area (Å²) in [6.45, 7) is 4.06. The molecule has 0 radical (unpaired) electrons. The van der Waals surface area contributed by atoms with Gasteiger partial charge in [0.15, 0.2) is 0 Å². The molecule has 1 aromatic heterocycles. The predicted octanol–water partition coefficient (Wildman–Crippen LogP) is 3.49. The van der Waals surface area contributed by atoms with Crippen molar-refractivity contribution in [1.82, 2.24) is 19.9 Å². The molecule has 12 nitrogen and oxygen atoms in total. The molecule has 3 amide bonds. The second kappa shape index (κ2) is 14.0. The van der Waals surface area contributed by atoms with Gasteiger partial charge in [-0.05, 0) is 56.1 Å². The number of nitrogens with zero attached hydrogens (tertiary/aromatic N) is 2. The molecule has 7 atom stereocenters. The third kappa shape index (κ3) is 7.10. The van der Waals surface area contributed by atoms with E-state index in [1.54, 1.807) is 18.2 Å². The number of ether oxygens (including phenoxy) is 2. The Kier molecular flexibility index (Phi) is 10.6. The lowest BCUT2D eigenvalue weighted by Crippen LogP contribution is -2.58. The average molecular weight is 725 g/mol. The number of fused-ring (bicyclic) bond motifs is 3. The number of amides is 3. The molecule has 2 saturated carbocycles. The Morgan fingerprint density at radius 3 is 2.62 bits per heavy atom. The number of benzene rings is 1. The lowest BCUT2D eigenvalue weighted by Gasteiger charge is -2.30. The number of allylic oxidation sites excluding steroid dienone is 1. The number of carbonyl (C=O) groups excluding carboxylic acids is 3. The topological polar surface area (TPSA) is 170 Å². The van der Waals surface area contributed by atoms with Gasteiger partial charge >= 0.3 is 0 Å². The highest BCUT2D eigenvalue weighted by Crippen LogP contribution is 2.46. The van der Waals surface area contributed by atoms with Crippen molar-refractivity contribution in [1.29, 1.82) is 0 Å². The summed E-state index contributed by atoms with van der Waals surface area (Å²) in [5.74, 6) is -1.33. The summed E-state index contributed by atoms with van der Waals surface area (Å²) in [7, 11) is -2.33. The molecule has 0 bridgehead atoms. The van der Waals surface area contributed by atoms with Gasteiger partial charge in [0.25, 0.3) is 5.91 Å². The van der Waals surface area contributed by atoms with Crippen LogP contribution in [0.4, 0.5) is 0 Å². The van der Waals surface area contributed by atoms with E-state index >= 15 is 0 Å². The second-order valence-electron chi connectivity index (χ2n) is 13.5. The van der Waals surface area contributed by atoms with Crippen LogP contribution in [0.2, 0.25) is 5.02 Å². The van der Waals surface area contributed by atoms with Gasteiger partial charge in [-0.15, -0.1) is 12.4 Å². The summed E-state index contributed by atoms with van der Waals surface area (Å²) in [5, 5.41) is 3.96. The SMILES string of the molecule is COc1cnc(O[C@@H]2C[C@H]3C(=O)N[C@]4(C(=O)NS(=O)(=O)C5CC5)C[C@H]4C=CC(C)CCC[C@@H](C)[C@H](N)C(=O)N3C2)c2cccc(Cl)c12.Cl. The van der Waals surface area contributed by atoms with E-state index < -0.39 is 56.7 Å². The Balaban J connectivity index is 0.00000451. The molecule has 1 unspecified atom stereocenters. The summed E-state index contributed by atoms with van der Waals surface area (Å²) in [6.07, 6.45) is 8.53. The van der Waals surface area contributed by atoms with Gasteiger partial charge in [0.2, 0.25) is 27.7 Å². The lowest BCUT2D eigenvalue weighted by molar-refractivity contribution is -0.141. The first-order valence-electron chi connectivity index (χ1n) is 16.2. The first-order chi connectivity index (χ1) is 22.3. The van der Waals surface area contributed by atoms with Gasteiger partial charge in [-0.2, -0.15) is 0 Å². The molecule has 1 saturated heterocycles. The van der Waals surface area contributed by atoms with E-state index in [0.717, 1.165) is 19.3 Å². The molecule has 2 aliphatic carbocycles. The number of carbonyl (C=O) groups is 3. The van der Waals surface area contributed by atoms with Crippen LogP contribution in [0.15, 0.2) is 36.5 Å². The number of methoxy groups -OCH3 is 1. The Labute approximate surface area is 292 Å². The number of hydrogen-bond donors (Lipinski definition) is 3. The molecule has 1 aromatic carbocycles. The lowest BCUT2D eigenvalue weighted by atomic mass is 9.92. The van der Waals surface area contributed by atoms with Crippen LogP contribution >= 0.6 is 24.0 Å². The molecule has 0 spiro atoms. The third-order valence-corrected chi connectivity index (χ3v) is 12.1. The van der Waals surface area contributed by atoms with Crippen LogP contribution in [0.5, 0.6) is 11.6 Å². The maximum atomic E-state index is 14.1. The zero-order valence-corrected chi connectivity index (χ0v) is 29.6. The van der Waals surface area contributed by atoms with E-state index in [0.29, 0.717) is 34.4 Å². The van der Waals surface area contributed by atoms with E-state index in [2.05, 4.69) is 21.9 Å². The number of rotatable bonds is 6. The maximum Gasteiger partial charge on any atom is 0.259 e. The molecular weight excluding hydrogens is 681 g/mol. The highest BCUT2D eigenvalue weighted by molar-refractivity contribution is 7.91. The number of nitrogens with two attached hydrogens (primary N) is 1. The van der Waals surface area contributed by atoms with Crippen molar-refractivity contribution in [3.05, 3.63) is 41.6 Å². The Hall–Kier alpha value is -3.13. The van der Waals surface area contributed by atoms with E-state index in [1.807, 2.05) is 19.1 Å². The van der Waals surface area contributed by atoms with Crippen molar-refractivity contribution in [2.45, 2.75) is 87.8 Å². The van der Waals surface area contributed by atoms with E-state index in [4.69, 9.17) is 26.8 Å². The fourth-order valence-corrected chi connectivity index (χ4v) is 8.38.